The summed E-state index contributed by atoms with van der Waals surface area (Å²) >= 11 is 0. The van der Waals surface area contributed by atoms with Gasteiger partial charge >= 0.3 is 0 Å². The van der Waals surface area contributed by atoms with Crippen LogP contribution in [0.2, 0.25) is 0 Å². The van der Waals surface area contributed by atoms with Crippen LogP contribution < -0.4 is 4.72 Å². The van der Waals surface area contributed by atoms with Gasteiger partial charge in [-0.15, -0.1) is 0 Å². The molecule has 0 spiro atoms. The van der Waals surface area contributed by atoms with E-state index in [4.69, 9.17) is 0 Å². The molecular formula is C9H14N2O2S. The molecule has 0 saturated carbocycles. The zero-order chi connectivity index (χ0) is 10.6. The van der Waals surface area contributed by atoms with Crippen LogP contribution in [0.25, 0.3) is 0 Å². The van der Waals surface area contributed by atoms with Crippen molar-refractivity contribution in [3.63, 3.8) is 0 Å². The number of aromatic nitrogens is 1. The topological polar surface area (TPSA) is 59.1 Å². The van der Waals surface area contributed by atoms with Crippen molar-refractivity contribution < 1.29 is 8.42 Å². The standard InChI is InChI=1S/C9H14N2O2S/c1-3-4-8-5-6-9(7-10-8)11-14(2,12)13/h5-7,11H,3-4H2,1-2H3. The van der Waals surface area contributed by atoms with Crippen LogP contribution >= 0.6 is 0 Å². The van der Waals surface area contributed by atoms with Crippen LogP contribution in [0.15, 0.2) is 18.3 Å². The van der Waals surface area contributed by atoms with Crippen LogP contribution in [0, 0.1) is 0 Å². The molecule has 0 fully saturated rings. The molecule has 1 aromatic heterocycles. The molecule has 5 heteroatoms. The normalized spacial score (nSPS) is 11.3. The van der Waals surface area contributed by atoms with E-state index in [0.717, 1.165) is 24.8 Å². The Morgan fingerprint density at radius 1 is 1.43 bits per heavy atom. The Hall–Kier alpha value is -1.10. The number of pyridine rings is 1. The molecule has 1 aromatic rings. The maximum atomic E-state index is 10.9. The van der Waals surface area contributed by atoms with E-state index < -0.39 is 10.0 Å². The van der Waals surface area contributed by atoms with Crippen molar-refractivity contribution in [3.05, 3.63) is 24.0 Å². The predicted octanol–water partition coefficient (Wildman–Crippen LogP) is 1.41. The summed E-state index contributed by atoms with van der Waals surface area (Å²) in [5.74, 6) is 0. The first kappa shape index (κ1) is 11.0. The molecule has 0 atom stereocenters. The number of hydrogen-bond acceptors (Lipinski definition) is 3. The van der Waals surface area contributed by atoms with E-state index in [1.165, 1.54) is 6.20 Å². The summed E-state index contributed by atoms with van der Waals surface area (Å²) in [6, 6.07) is 3.55. The van der Waals surface area contributed by atoms with E-state index in [9.17, 15) is 8.42 Å². The second-order valence-electron chi connectivity index (χ2n) is 3.16. The summed E-state index contributed by atoms with van der Waals surface area (Å²) in [7, 11) is -3.19. The van der Waals surface area contributed by atoms with Gasteiger partial charge in [-0.3, -0.25) is 9.71 Å². The first-order valence-electron chi connectivity index (χ1n) is 4.44. The van der Waals surface area contributed by atoms with Crippen molar-refractivity contribution in [1.29, 1.82) is 0 Å². The zero-order valence-corrected chi connectivity index (χ0v) is 9.13. The van der Waals surface area contributed by atoms with Crippen LogP contribution in [0.4, 0.5) is 5.69 Å². The maximum absolute atomic E-state index is 10.9. The van der Waals surface area contributed by atoms with Crippen LogP contribution in [0.1, 0.15) is 19.0 Å². The maximum Gasteiger partial charge on any atom is 0.229 e. The highest BCUT2D eigenvalue weighted by Gasteiger charge is 2.01. The molecule has 78 valence electrons. The third-order valence-corrected chi connectivity index (χ3v) is 2.24. The number of hydrogen-bond donors (Lipinski definition) is 1. The molecule has 0 aliphatic heterocycles. The Labute approximate surface area is 84.4 Å². The highest BCUT2D eigenvalue weighted by molar-refractivity contribution is 7.92. The second-order valence-corrected chi connectivity index (χ2v) is 4.91. The van der Waals surface area contributed by atoms with E-state index in [0.29, 0.717) is 5.69 Å². The number of nitrogens with zero attached hydrogens (tertiary/aromatic N) is 1. The molecule has 1 N–H and O–H groups in total. The van der Waals surface area contributed by atoms with Crippen molar-refractivity contribution >= 4 is 15.7 Å². The van der Waals surface area contributed by atoms with Crippen molar-refractivity contribution in [2.45, 2.75) is 19.8 Å². The minimum Gasteiger partial charge on any atom is -0.282 e. The molecule has 0 aromatic carbocycles. The van der Waals surface area contributed by atoms with Crippen LogP contribution in [-0.4, -0.2) is 19.7 Å². The van der Waals surface area contributed by atoms with E-state index in [1.54, 1.807) is 6.07 Å². The van der Waals surface area contributed by atoms with Crippen molar-refractivity contribution in [2.24, 2.45) is 0 Å². The van der Waals surface area contributed by atoms with Gasteiger partial charge in [0.2, 0.25) is 10.0 Å². The molecule has 0 aliphatic rings. The molecular weight excluding hydrogens is 200 g/mol. The Bertz CT molecular complexity index is 384. The number of nitrogens with one attached hydrogen (secondary N) is 1. The quantitative estimate of drug-likeness (QED) is 0.824. The lowest BCUT2D eigenvalue weighted by Gasteiger charge is -2.03. The first-order chi connectivity index (χ1) is 6.51. The van der Waals surface area contributed by atoms with Gasteiger partial charge in [0.25, 0.3) is 0 Å². The Kier molecular flexibility index (Phi) is 3.46. The lowest BCUT2D eigenvalue weighted by molar-refractivity contribution is 0.607. The SMILES string of the molecule is CCCc1ccc(NS(C)(=O)=O)cn1. The van der Waals surface area contributed by atoms with Crippen molar-refractivity contribution in [1.82, 2.24) is 4.98 Å². The molecule has 0 unspecified atom stereocenters. The third-order valence-electron chi connectivity index (χ3n) is 1.63. The number of rotatable bonds is 4. The van der Waals surface area contributed by atoms with E-state index in [-0.39, 0.29) is 0 Å². The summed E-state index contributed by atoms with van der Waals surface area (Å²) in [6.07, 6.45) is 4.60. The number of aryl methyl sites for hydroxylation is 1. The molecule has 4 nitrogen and oxygen atoms in total. The van der Waals surface area contributed by atoms with E-state index >= 15 is 0 Å². The van der Waals surface area contributed by atoms with E-state index in [2.05, 4.69) is 16.6 Å². The van der Waals surface area contributed by atoms with Crippen LogP contribution in [-0.2, 0) is 16.4 Å². The minimum absolute atomic E-state index is 0.507. The van der Waals surface area contributed by atoms with Gasteiger partial charge in [-0.05, 0) is 18.6 Å². The molecule has 0 bridgehead atoms. The molecule has 0 radical (unpaired) electrons. The molecule has 14 heavy (non-hydrogen) atoms. The average molecular weight is 214 g/mol. The first-order valence-corrected chi connectivity index (χ1v) is 6.33. The Morgan fingerprint density at radius 3 is 2.57 bits per heavy atom. The average Bonchev–Trinajstić information content (AvgIpc) is 2.06. The van der Waals surface area contributed by atoms with Crippen LogP contribution in [0.5, 0.6) is 0 Å². The zero-order valence-electron chi connectivity index (χ0n) is 8.32. The molecule has 0 saturated heterocycles. The molecule has 1 rings (SSSR count). The lowest BCUT2D eigenvalue weighted by Crippen LogP contribution is -2.09. The predicted molar refractivity (Wildman–Crippen MR) is 56.7 cm³/mol. The molecule has 1 heterocycles. The minimum atomic E-state index is -3.19. The summed E-state index contributed by atoms with van der Waals surface area (Å²) in [5, 5.41) is 0. The highest BCUT2D eigenvalue weighted by atomic mass is 32.2. The van der Waals surface area contributed by atoms with Gasteiger partial charge in [0.05, 0.1) is 18.1 Å². The van der Waals surface area contributed by atoms with Gasteiger partial charge in [0.1, 0.15) is 0 Å². The lowest BCUT2D eigenvalue weighted by atomic mass is 10.2. The Morgan fingerprint density at radius 2 is 2.14 bits per heavy atom. The summed E-state index contributed by atoms with van der Waals surface area (Å²) in [6.45, 7) is 2.07. The van der Waals surface area contributed by atoms with Gasteiger partial charge < -0.3 is 0 Å². The van der Waals surface area contributed by atoms with Gasteiger partial charge in [0, 0.05) is 5.69 Å². The molecule has 0 amide bonds. The van der Waals surface area contributed by atoms with Crippen molar-refractivity contribution in [3.8, 4) is 0 Å². The summed E-state index contributed by atoms with van der Waals surface area (Å²) < 4.78 is 24.1. The van der Waals surface area contributed by atoms with E-state index in [1.807, 2.05) is 6.07 Å². The summed E-state index contributed by atoms with van der Waals surface area (Å²) in [5.41, 5.74) is 1.49. The largest absolute Gasteiger partial charge is 0.282 e. The van der Waals surface area contributed by atoms with Crippen molar-refractivity contribution in [2.75, 3.05) is 11.0 Å². The fourth-order valence-electron chi connectivity index (χ4n) is 1.10. The van der Waals surface area contributed by atoms with Gasteiger partial charge in [-0.1, -0.05) is 13.3 Å². The number of sulfonamides is 1. The fraction of sp³-hybridized carbons (Fsp3) is 0.444. The number of anilines is 1. The highest BCUT2D eigenvalue weighted by Crippen LogP contribution is 2.08. The van der Waals surface area contributed by atoms with Gasteiger partial charge in [0.15, 0.2) is 0 Å². The summed E-state index contributed by atoms with van der Waals surface area (Å²) in [4.78, 5) is 4.13. The third kappa shape index (κ3) is 3.74. The monoisotopic (exact) mass is 214 g/mol. The van der Waals surface area contributed by atoms with Crippen LogP contribution in [0.3, 0.4) is 0 Å². The van der Waals surface area contributed by atoms with Gasteiger partial charge in [-0.25, -0.2) is 8.42 Å². The molecule has 0 aliphatic carbocycles. The Balaban J connectivity index is 2.74. The smallest absolute Gasteiger partial charge is 0.229 e. The second kappa shape index (κ2) is 4.41. The van der Waals surface area contributed by atoms with Gasteiger partial charge in [-0.2, -0.15) is 0 Å². The fourth-order valence-corrected chi connectivity index (χ4v) is 1.65.